The number of aromatic nitrogens is 1. The number of anilines is 1. The Hall–Kier alpha value is -3.78. The maximum absolute atomic E-state index is 12.6. The molecule has 1 saturated heterocycles. The van der Waals surface area contributed by atoms with Crippen LogP contribution in [-0.4, -0.2) is 48.4 Å². The topological polar surface area (TPSA) is 85.0 Å². The van der Waals surface area contributed by atoms with Crippen molar-refractivity contribution in [2.45, 2.75) is 31.9 Å². The van der Waals surface area contributed by atoms with Gasteiger partial charge in [0.1, 0.15) is 12.4 Å². The van der Waals surface area contributed by atoms with Crippen LogP contribution in [0.3, 0.4) is 0 Å². The molecule has 0 spiro atoms. The molecule has 35 heavy (non-hydrogen) atoms. The minimum atomic E-state index is -0.172. The third kappa shape index (κ3) is 6.42. The number of nitrogens with zero attached hydrogens (tertiary/aromatic N) is 2. The van der Waals surface area contributed by atoms with E-state index in [-0.39, 0.29) is 18.9 Å². The predicted molar refractivity (Wildman–Crippen MR) is 133 cm³/mol. The van der Waals surface area contributed by atoms with E-state index < -0.39 is 0 Å². The van der Waals surface area contributed by atoms with Crippen molar-refractivity contribution in [2.24, 2.45) is 0 Å². The Kier molecular flexibility index (Phi) is 7.29. The highest BCUT2D eigenvalue weighted by molar-refractivity contribution is 5.89. The summed E-state index contributed by atoms with van der Waals surface area (Å²) in [5.41, 5.74) is 3.01. The number of carbonyl (C=O) groups is 1. The maximum atomic E-state index is 12.6. The number of urea groups is 1. The summed E-state index contributed by atoms with van der Waals surface area (Å²) in [4.78, 5) is 19.1. The highest BCUT2D eigenvalue weighted by Gasteiger charge is 2.20. The Bertz CT molecular complexity index is 1130. The number of pyridine rings is 1. The van der Waals surface area contributed by atoms with Gasteiger partial charge in [-0.1, -0.05) is 12.1 Å². The number of likely N-dealkylation sites (tertiary alicyclic amines) is 1. The minimum Gasteiger partial charge on any atom is -0.489 e. The van der Waals surface area contributed by atoms with Crippen molar-refractivity contribution in [1.29, 1.82) is 0 Å². The number of hydrogen-bond acceptors (Lipinski definition) is 6. The van der Waals surface area contributed by atoms with Crippen LogP contribution >= 0.6 is 0 Å². The van der Waals surface area contributed by atoms with Crippen molar-refractivity contribution < 1.29 is 19.0 Å². The van der Waals surface area contributed by atoms with Crippen LogP contribution in [0.4, 0.5) is 10.5 Å². The van der Waals surface area contributed by atoms with E-state index in [2.05, 4.69) is 32.7 Å². The number of piperidine rings is 1. The Labute approximate surface area is 205 Å². The normalized spacial score (nSPS) is 15.5. The van der Waals surface area contributed by atoms with Crippen molar-refractivity contribution in [3.05, 3.63) is 78.1 Å². The van der Waals surface area contributed by atoms with Gasteiger partial charge in [-0.3, -0.25) is 4.98 Å². The Morgan fingerprint density at radius 3 is 2.69 bits per heavy atom. The van der Waals surface area contributed by atoms with Gasteiger partial charge in [0, 0.05) is 49.8 Å². The monoisotopic (exact) mass is 474 g/mol. The molecule has 182 valence electrons. The third-order valence-corrected chi connectivity index (χ3v) is 6.32. The molecule has 3 heterocycles. The van der Waals surface area contributed by atoms with Crippen LogP contribution in [0.5, 0.6) is 17.2 Å². The van der Waals surface area contributed by atoms with Crippen molar-refractivity contribution in [3.8, 4) is 17.2 Å². The van der Waals surface area contributed by atoms with Crippen molar-refractivity contribution >= 4 is 11.7 Å². The number of carbonyl (C=O) groups excluding carboxylic acids is 1. The molecule has 1 fully saturated rings. The molecule has 0 bridgehead atoms. The predicted octanol–water partition coefficient (Wildman–Crippen LogP) is 4.22. The van der Waals surface area contributed by atoms with Crippen LogP contribution in [-0.2, 0) is 13.0 Å². The molecular formula is C27H30N4O4. The lowest BCUT2D eigenvalue weighted by Gasteiger charge is -2.32. The van der Waals surface area contributed by atoms with Crippen LogP contribution in [0.25, 0.3) is 0 Å². The SMILES string of the molecule is O=C(Nc1cccc(COc2ccc3c(c2)OCO3)c1)NC1CCN(CCc2ccncc2)CC1. The zero-order valence-corrected chi connectivity index (χ0v) is 19.6. The fourth-order valence-corrected chi connectivity index (χ4v) is 4.36. The third-order valence-electron chi connectivity index (χ3n) is 6.32. The number of fused-ring (bicyclic) bond motifs is 1. The molecule has 0 radical (unpaired) electrons. The first kappa shape index (κ1) is 23.0. The first-order valence-corrected chi connectivity index (χ1v) is 12.0. The highest BCUT2D eigenvalue weighted by Crippen LogP contribution is 2.35. The van der Waals surface area contributed by atoms with Gasteiger partial charge in [0.15, 0.2) is 11.5 Å². The van der Waals surface area contributed by atoms with Gasteiger partial charge in [-0.05, 0) is 66.8 Å². The summed E-state index contributed by atoms with van der Waals surface area (Å²) >= 11 is 0. The van der Waals surface area contributed by atoms with Crippen LogP contribution in [0, 0.1) is 0 Å². The van der Waals surface area contributed by atoms with E-state index in [1.165, 1.54) is 5.56 Å². The zero-order chi connectivity index (χ0) is 23.9. The van der Waals surface area contributed by atoms with E-state index in [4.69, 9.17) is 14.2 Å². The quantitative estimate of drug-likeness (QED) is 0.509. The van der Waals surface area contributed by atoms with Gasteiger partial charge >= 0.3 is 6.03 Å². The molecule has 0 saturated carbocycles. The van der Waals surface area contributed by atoms with Gasteiger partial charge < -0.3 is 29.7 Å². The summed E-state index contributed by atoms with van der Waals surface area (Å²) in [6.45, 7) is 3.63. The van der Waals surface area contributed by atoms with Gasteiger partial charge in [0.25, 0.3) is 0 Å². The Morgan fingerprint density at radius 1 is 1.00 bits per heavy atom. The molecule has 3 aromatic rings. The van der Waals surface area contributed by atoms with Crippen molar-refractivity contribution in [1.82, 2.24) is 15.2 Å². The Morgan fingerprint density at radius 2 is 1.83 bits per heavy atom. The standard InChI is InChI=1S/C27H30N4O4/c32-27(29-22-9-14-31(15-10-22)13-8-20-6-11-28-12-7-20)30-23-3-1-2-21(16-23)18-33-24-4-5-25-26(17-24)35-19-34-25/h1-7,11-12,16-17,22H,8-10,13-15,18-19H2,(H2,29,30,32). The molecule has 2 N–H and O–H groups in total. The fraction of sp³-hybridized carbons (Fsp3) is 0.333. The van der Waals surface area contributed by atoms with E-state index in [1.54, 1.807) is 0 Å². The summed E-state index contributed by atoms with van der Waals surface area (Å²) < 4.78 is 16.6. The molecule has 1 aromatic heterocycles. The summed E-state index contributed by atoms with van der Waals surface area (Å²) in [6.07, 6.45) is 6.61. The molecule has 2 aliphatic rings. The maximum Gasteiger partial charge on any atom is 0.319 e. The van der Waals surface area contributed by atoms with Crippen LogP contribution in [0.15, 0.2) is 67.0 Å². The van der Waals surface area contributed by atoms with E-state index in [0.717, 1.165) is 55.9 Å². The number of nitrogens with one attached hydrogen (secondary N) is 2. The Balaban J connectivity index is 1.04. The first-order chi connectivity index (χ1) is 17.2. The molecule has 0 atom stereocenters. The van der Waals surface area contributed by atoms with Crippen molar-refractivity contribution in [3.63, 3.8) is 0 Å². The zero-order valence-electron chi connectivity index (χ0n) is 19.6. The van der Waals surface area contributed by atoms with Gasteiger partial charge in [-0.2, -0.15) is 0 Å². The summed E-state index contributed by atoms with van der Waals surface area (Å²) in [5, 5.41) is 6.08. The van der Waals surface area contributed by atoms with Gasteiger partial charge in [0.05, 0.1) is 0 Å². The number of amides is 2. The fourth-order valence-electron chi connectivity index (χ4n) is 4.36. The number of benzene rings is 2. The van der Waals surface area contributed by atoms with Gasteiger partial charge in [0.2, 0.25) is 6.79 Å². The molecule has 0 aliphatic carbocycles. The smallest absolute Gasteiger partial charge is 0.319 e. The van der Waals surface area contributed by atoms with Crippen LogP contribution in [0.1, 0.15) is 24.0 Å². The lowest BCUT2D eigenvalue weighted by atomic mass is 10.0. The van der Waals surface area contributed by atoms with Gasteiger partial charge in [-0.15, -0.1) is 0 Å². The molecule has 8 nitrogen and oxygen atoms in total. The highest BCUT2D eigenvalue weighted by atomic mass is 16.7. The average Bonchev–Trinajstić information content (AvgIpc) is 3.36. The number of ether oxygens (including phenoxy) is 3. The molecular weight excluding hydrogens is 444 g/mol. The molecule has 2 amide bonds. The molecule has 8 heteroatoms. The number of hydrogen-bond donors (Lipinski definition) is 2. The summed E-state index contributed by atoms with van der Waals surface area (Å²) in [5.74, 6) is 2.12. The molecule has 2 aromatic carbocycles. The van der Waals surface area contributed by atoms with E-state index in [1.807, 2.05) is 54.9 Å². The lowest BCUT2D eigenvalue weighted by Crippen LogP contribution is -2.46. The second-order valence-corrected chi connectivity index (χ2v) is 8.82. The minimum absolute atomic E-state index is 0.172. The first-order valence-electron chi connectivity index (χ1n) is 12.0. The van der Waals surface area contributed by atoms with Crippen LogP contribution < -0.4 is 24.8 Å². The van der Waals surface area contributed by atoms with Gasteiger partial charge in [-0.25, -0.2) is 4.79 Å². The van der Waals surface area contributed by atoms with Crippen molar-refractivity contribution in [2.75, 3.05) is 31.7 Å². The van der Waals surface area contributed by atoms with E-state index >= 15 is 0 Å². The second-order valence-electron chi connectivity index (χ2n) is 8.82. The van der Waals surface area contributed by atoms with Crippen LogP contribution in [0.2, 0.25) is 0 Å². The summed E-state index contributed by atoms with van der Waals surface area (Å²) in [7, 11) is 0. The second kappa shape index (κ2) is 11.1. The average molecular weight is 475 g/mol. The number of rotatable bonds is 8. The van der Waals surface area contributed by atoms with E-state index in [0.29, 0.717) is 18.1 Å². The molecule has 2 aliphatic heterocycles. The largest absolute Gasteiger partial charge is 0.489 e. The lowest BCUT2D eigenvalue weighted by molar-refractivity contribution is 0.173. The van der Waals surface area contributed by atoms with E-state index in [9.17, 15) is 4.79 Å². The summed E-state index contributed by atoms with van der Waals surface area (Å²) in [6, 6.07) is 17.3. The molecule has 0 unspecified atom stereocenters. The molecule has 5 rings (SSSR count).